The number of nitrogens with zero attached hydrogens (tertiary/aromatic N) is 1. The predicted octanol–water partition coefficient (Wildman–Crippen LogP) is 2.94. The van der Waals surface area contributed by atoms with E-state index in [4.69, 9.17) is 25.5 Å². The van der Waals surface area contributed by atoms with Crippen LogP contribution in [0.1, 0.15) is 16.9 Å². The van der Waals surface area contributed by atoms with Crippen LogP contribution >= 0.6 is 11.6 Å². The van der Waals surface area contributed by atoms with Crippen molar-refractivity contribution in [2.24, 2.45) is 0 Å². The molecule has 1 fully saturated rings. The molecule has 2 aromatic rings. The third kappa shape index (κ3) is 2.55. The average molecular weight is 294 g/mol. The first-order valence-corrected chi connectivity index (χ1v) is 6.60. The van der Waals surface area contributed by atoms with Gasteiger partial charge in [0.05, 0.1) is 18.2 Å². The van der Waals surface area contributed by atoms with Crippen LogP contribution in [0.5, 0.6) is 0 Å². The van der Waals surface area contributed by atoms with Gasteiger partial charge in [0.2, 0.25) is 0 Å². The molecule has 0 spiro atoms. The molecule has 3 rings (SSSR count). The smallest absolute Gasteiger partial charge is 0.361 e. The van der Waals surface area contributed by atoms with Gasteiger partial charge in [0.25, 0.3) is 0 Å². The van der Waals surface area contributed by atoms with E-state index in [2.05, 4.69) is 4.98 Å². The van der Waals surface area contributed by atoms with Crippen molar-refractivity contribution in [1.29, 1.82) is 0 Å². The Bertz CT molecular complexity index is 619. The molecule has 5 nitrogen and oxygen atoms in total. The maximum Gasteiger partial charge on any atom is 0.361 e. The van der Waals surface area contributed by atoms with Gasteiger partial charge in [-0.3, -0.25) is 0 Å². The molecule has 1 aromatic heterocycles. The van der Waals surface area contributed by atoms with Crippen molar-refractivity contribution >= 4 is 17.6 Å². The highest BCUT2D eigenvalue weighted by molar-refractivity contribution is 6.33. The zero-order chi connectivity index (χ0) is 13.9. The molecule has 104 valence electrons. The first-order chi connectivity index (χ1) is 9.75. The molecule has 1 aliphatic heterocycles. The van der Waals surface area contributed by atoms with Crippen LogP contribution < -0.4 is 0 Å². The average Bonchev–Trinajstić information content (AvgIpc) is 3.09. The number of esters is 1. The molecule has 0 aliphatic carbocycles. The lowest BCUT2D eigenvalue weighted by molar-refractivity contribution is 0.0265. The molecule has 20 heavy (non-hydrogen) atoms. The molecule has 6 heteroatoms. The Morgan fingerprint density at radius 2 is 2.25 bits per heavy atom. The Labute approximate surface area is 120 Å². The molecule has 0 amide bonds. The Kier molecular flexibility index (Phi) is 3.71. The molecule has 1 aromatic carbocycles. The summed E-state index contributed by atoms with van der Waals surface area (Å²) in [7, 11) is 0. The first kappa shape index (κ1) is 13.1. The number of halogens is 1. The van der Waals surface area contributed by atoms with E-state index in [-0.39, 0.29) is 11.8 Å². The van der Waals surface area contributed by atoms with E-state index >= 15 is 0 Å². The van der Waals surface area contributed by atoms with Gasteiger partial charge in [-0.05, 0) is 12.1 Å². The molecular formula is C14H12ClNO4. The van der Waals surface area contributed by atoms with Crippen molar-refractivity contribution in [2.75, 3.05) is 13.2 Å². The van der Waals surface area contributed by atoms with E-state index in [0.29, 0.717) is 36.0 Å². The quantitative estimate of drug-likeness (QED) is 0.814. The fourth-order valence-corrected chi connectivity index (χ4v) is 2.26. The topological polar surface area (TPSA) is 61.6 Å². The Morgan fingerprint density at radius 1 is 1.40 bits per heavy atom. The number of carbonyl (C=O) groups excluding carboxylic acids is 1. The lowest BCUT2D eigenvalue weighted by Gasteiger charge is -2.09. The molecule has 0 saturated carbocycles. The van der Waals surface area contributed by atoms with Crippen molar-refractivity contribution in [1.82, 2.24) is 4.98 Å². The van der Waals surface area contributed by atoms with Crippen molar-refractivity contribution in [3.05, 3.63) is 41.4 Å². The third-order valence-electron chi connectivity index (χ3n) is 3.04. The summed E-state index contributed by atoms with van der Waals surface area (Å²) in [5.74, 6) is -0.205. The van der Waals surface area contributed by atoms with E-state index in [1.54, 1.807) is 18.2 Å². The molecule has 0 N–H and O–H groups in total. The third-order valence-corrected chi connectivity index (χ3v) is 3.37. The van der Waals surface area contributed by atoms with Crippen LogP contribution in [-0.2, 0) is 9.47 Å². The number of carbonyl (C=O) groups is 1. The van der Waals surface area contributed by atoms with E-state index in [0.717, 1.165) is 0 Å². The van der Waals surface area contributed by atoms with Crippen LogP contribution in [0.25, 0.3) is 11.3 Å². The zero-order valence-electron chi connectivity index (χ0n) is 10.5. The Morgan fingerprint density at radius 3 is 3.00 bits per heavy atom. The second kappa shape index (κ2) is 5.64. The summed E-state index contributed by atoms with van der Waals surface area (Å²) in [4.78, 5) is 16.1. The number of hydrogen-bond acceptors (Lipinski definition) is 5. The Hall–Kier alpha value is -1.85. The highest BCUT2D eigenvalue weighted by atomic mass is 35.5. The van der Waals surface area contributed by atoms with Gasteiger partial charge in [-0.15, -0.1) is 0 Å². The minimum absolute atomic E-state index is 0.130. The van der Waals surface area contributed by atoms with Crippen molar-refractivity contribution in [3.8, 4) is 11.3 Å². The monoisotopic (exact) mass is 293 g/mol. The van der Waals surface area contributed by atoms with Gasteiger partial charge in [0.1, 0.15) is 6.10 Å². The fraction of sp³-hybridized carbons (Fsp3) is 0.286. The van der Waals surface area contributed by atoms with Crippen molar-refractivity contribution in [2.45, 2.75) is 12.5 Å². The second-order valence-corrected chi connectivity index (χ2v) is 4.81. The van der Waals surface area contributed by atoms with E-state index < -0.39 is 5.97 Å². The molecule has 1 saturated heterocycles. The minimum atomic E-state index is -0.524. The van der Waals surface area contributed by atoms with Crippen molar-refractivity contribution in [3.63, 3.8) is 0 Å². The molecule has 0 radical (unpaired) electrons. The summed E-state index contributed by atoms with van der Waals surface area (Å²) in [6.45, 7) is 1.03. The highest BCUT2D eigenvalue weighted by Crippen LogP contribution is 2.30. The van der Waals surface area contributed by atoms with Crippen molar-refractivity contribution < 1.29 is 18.7 Å². The lowest BCUT2D eigenvalue weighted by atomic mass is 10.1. The fourth-order valence-electron chi connectivity index (χ4n) is 2.04. The highest BCUT2D eigenvalue weighted by Gasteiger charge is 2.26. The molecule has 0 unspecified atom stereocenters. The van der Waals surface area contributed by atoms with E-state index in [9.17, 15) is 4.79 Å². The Balaban J connectivity index is 1.86. The van der Waals surface area contributed by atoms with E-state index in [1.165, 1.54) is 6.39 Å². The van der Waals surface area contributed by atoms with Crippen LogP contribution in [0.3, 0.4) is 0 Å². The minimum Gasteiger partial charge on any atom is -0.455 e. The maximum absolute atomic E-state index is 12.1. The summed E-state index contributed by atoms with van der Waals surface area (Å²) < 4.78 is 15.8. The van der Waals surface area contributed by atoms with E-state index in [1.807, 2.05) is 6.07 Å². The van der Waals surface area contributed by atoms with Crippen LogP contribution in [0, 0.1) is 0 Å². The predicted molar refractivity (Wildman–Crippen MR) is 71.6 cm³/mol. The van der Waals surface area contributed by atoms with Crippen LogP contribution in [0.2, 0.25) is 5.02 Å². The summed E-state index contributed by atoms with van der Waals surface area (Å²) in [6, 6.07) is 7.09. The largest absolute Gasteiger partial charge is 0.455 e. The lowest BCUT2D eigenvalue weighted by Crippen LogP contribution is -2.18. The van der Waals surface area contributed by atoms with Crippen LogP contribution in [0.15, 0.2) is 35.1 Å². The SMILES string of the molecule is O=C(O[C@H]1CCOC1)c1ncoc1-c1ccccc1Cl. The molecule has 2 heterocycles. The van der Waals surface area contributed by atoms with Gasteiger partial charge in [0.15, 0.2) is 17.8 Å². The number of ether oxygens (including phenoxy) is 2. The normalized spacial score (nSPS) is 18.1. The van der Waals surface area contributed by atoms with Gasteiger partial charge in [-0.1, -0.05) is 23.7 Å². The summed E-state index contributed by atoms with van der Waals surface area (Å²) in [6.07, 6.45) is 1.68. The number of aromatic nitrogens is 1. The first-order valence-electron chi connectivity index (χ1n) is 6.23. The van der Waals surface area contributed by atoms with Crippen LogP contribution in [0.4, 0.5) is 0 Å². The van der Waals surface area contributed by atoms with Gasteiger partial charge >= 0.3 is 5.97 Å². The van der Waals surface area contributed by atoms with Crippen LogP contribution in [-0.4, -0.2) is 30.3 Å². The molecule has 0 bridgehead atoms. The van der Waals surface area contributed by atoms with Gasteiger partial charge in [-0.2, -0.15) is 0 Å². The zero-order valence-corrected chi connectivity index (χ0v) is 11.3. The number of benzene rings is 1. The second-order valence-electron chi connectivity index (χ2n) is 4.40. The summed E-state index contributed by atoms with van der Waals surface area (Å²) >= 11 is 6.10. The summed E-state index contributed by atoms with van der Waals surface area (Å²) in [5, 5.41) is 0.488. The van der Waals surface area contributed by atoms with Gasteiger partial charge in [-0.25, -0.2) is 9.78 Å². The number of hydrogen-bond donors (Lipinski definition) is 0. The number of oxazole rings is 1. The van der Waals surface area contributed by atoms with Gasteiger partial charge < -0.3 is 13.9 Å². The number of rotatable bonds is 3. The molecule has 1 atom stereocenters. The standard InChI is InChI=1S/C14H12ClNO4/c15-11-4-2-1-3-10(11)13-12(16-8-19-13)14(17)20-9-5-6-18-7-9/h1-4,8-9H,5-7H2/t9-/m0/s1. The molecule has 1 aliphatic rings. The summed E-state index contributed by atoms with van der Waals surface area (Å²) in [5.41, 5.74) is 0.742. The van der Waals surface area contributed by atoms with Gasteiger partial charge in [0, 0.05) is 12.0 Å². The maximum atomic E-state index is 12.1. The molecular weight excluding hydrogens is 282 g/mol.